The van der Waals surface area contributed by atoms with Gasteiger partial charge >= 0.3 is 0 Å². The van der Waals surface area contributed by atoms with Gasteiger partial charge in [0, 0.05) is 29.2 Å². The number of nitrogens with one attached hydrogen (secondary N) is 1. The van der Waals surface area contributed by atoms with Crippen molar-refractivity contribution in [3.05, 3.63) is 57.8 Å². The van der Waals surface area contributed by atoms with Crippen molar-refractivity contribution in [2.75, 3.05) is 26.9 Å². The normalized spacial score (nSPS) is 12.7. The summed E-state index contributed by atoms with van der Waals surface area (Å²) in [4.78, 5) is 19.6. The van der Waals surface area contributed by atoms with E-state index < -0.39 is 5.82 Å². The summed E-state index contributed by atoms with van der Waals surface area (Å²) in [6.07, 6.45) is 1.72. The van der Waals surface area contributed by atoms with Crippen molar-refractivity contribution in [3.63, 3.8) is 0 Å². The Balaban J connectivity index is 0.00000400. The standard InChI is InChI=1S/C28H32FN3O4S.BrH/c1-7-35-21-13-17-14-32(26(30)22(17)23(29)25(21)36-8-2)15-20(33)16-11-18(27-31-9-10-37-27)24(34-6)19(12-16)28(3,4)5;/h9-13,30H,7-8,14-15H2,1-6H3;1H. The molecular weight excluding hydrogens is 573 g/mol. The fourth-order valence-corrected chi connectivity index (χ4v) is 5.16. The lowest BCUT2D eigenvalue weighted by molar-refractivity contribution is 0.0962. The van der Waals surface area contributed by atoms with E-state index in [1.807, 2.05) is 18.4 Å². The van der Waals surface area contributed by atoms with Crippen molar-refractivity contribution in [2.24, 2.45) is 0 Å². The molecule has 1 aliphatic heterocycles. The number of thiazole rings is 1. The first kappa shape index (κ1) is 29.6. The molecule has 7 nitrogen and oxygen atoms in total. The summed E-state index contributed by atoms with van der Waals surface area (Å²) >= 11 is 1.47. The van der Waals surface area contributed by atoms with E-state index in [1.54, 1.807) is 37.3 Å². The monoisotopic (exact) mass is 605 g/mol. The lowest BCUT2D eigenvalue weighted by Gasteiger charge is -2.25. The highest BCUT2D eigenvalue weighted by Gasteiger charge is 2.34. The Morgan fingerprint density at radius 2 is 1.87 bits per heavy atom. The van der Waals surface area contributed by atoms with Gasteiger partial charge in [-0.25, -0.2) is 9.37 Å². The fourth-order valence-electron chi connectivity index (χ4n) is 4.51. The topological polar surface area (TPSA) is 84.7 Å². The minimum Gasteiger partial charge on any atom is -0.496 e. The zero-order chi connectivity index (χ0) is 26.9. The van der Waals surface area contributed by atoms with Crippen LogP contribution in [0.4, 0.5) is 4.39 Å². The molecule has 0 bridgehead atoms. The summed E-state index contributed by atoms with van der Waals surface area (Å²) in [6.45, 7) is 10.5. The summed E-state index contributed by atoms with van der Waals surface area (Å²) in [5.41, 5.74) is 2.58. The lowest BCUT2D eigenvalue weighted by atomic mass is 9.83. The minimum atomic E-state index is -0.631. The summed E-state index contributed by atoms with van der Waals surface area (Å²) < 4.78 is 32.3. The smallest absolute Gasteiger partial charge is 0.197 e. The van der Waals surface area contributed by atoms with Gasteiger partial charge in [-0.2, -0.15) is 0 Å². The summed E-state index contributed by atoms with van der Waals surface area (Å²) in [5.74, 6) is 0.134. The van der Waals surface area contributed by atoms with Gasteiger partial charge in [0.2, 0.25) is 0 Å². The van der Waals surface area contributed by atoms with E-state index in [9.17, 15) is 4.79 Å². The van der Waals surface area contributed by atoms with Crippen molar-refractivity contribution in [1.82, 2.24) is 9.88 Å². The molecular formula is C28H33BrFN3O4S. The van der Waals surface area contributed by atoms with Crippen LogP contribution in [0.1, 0.15) is 61.7 Å². The molecule has 1 N–H and O–H groups in total. The summed E-state index contributed by atoms with van der Waals surface area (Å²) in [6, 6.07) is 5.35. The first-order chi connectivity index (χ1) is 17.6. The third-order valence-corrected chi connectivity index (χ3v) is 7.00. The molecule has 2 heterocycles. The minimum absolute atomic E-state index is 0. The third-order valence-electron chi connectivity index (χ3n) is 6.19. The number of ether oxygens (including phenoxy) is 3. The molecule has 0 saturated carbocycles. The maximum Gasteiger partial charge on any atom is 0.197 e. The molecule has 2 aromatic carbocycles. The van der Waals surface area contributed by atoms with Crippen LogP contribution in [0.3, 0.4) is 0 Å². The van der Waals surface area contributed by atoms with Crippen molar-refractivity contribution in [2.45, 2.75) is 46.6 Å². The molecule has 0 unspecified atom stereocenters. The molecule has 0 amide bonds. The van der Waals surface area contributed by atoms with Crippen molar-refractivity contribution in [1.29, 1.82) is 5.41 Å². The zero-order valence-corrected chi connectivity index (χ0v) is 25.0. The summed E-state index contributed by atoms with van der Waals surface area (Å²) in [7, 11) is 1.62. The average molecular weight is 607 g/mol. The quantitative estimate of drug-likeness (QED) is 0.275. The molecule has 0 atom stereocenters. The predicted molar refractivity (Wildman–Crippen MR) is 153 cm³/mol. The number of halogens is 2. The lowest BCUT2D eigenvalue weighted by Crippen LogP contribution is -2.30. The fraction of sp³-hybridized carbons (Fsp3) is 0.393. The van der Waals surface area contributed by atoms with Crippen LogP contribution >= 0.6 is 28.3 Å². The molecule has 38 heavy (non-hydrogen) atoms. The molecule has 1 aliphatic rings. The Hall–Kier alpha value is -2.98. The van der Waals surface area contributed by atoms with Crippen LogP contribution in [0.5, 0.6) is 17.2 Å². The maximum absolute atomic E-state index is 15.4. The maximum atomic E-state index is 15.4. The van der Waals surface area contributed by atoms with E-state index in [0.717, 1.165) is 16.1 Å². The average Bonchev–Trinajstić information content (AvgIpc) is 3.49. The first-order valence-electron chi connectivity index (χ1n) is 12.2. The van der Waals surface area contributed by atoms with Crippen LogP contribution < -0.4 is 14.2 Å². The number of carbonyl (C=O) groups excluding carboxylic acids is 1. The van der Waals surface area contributed by atoms with Crippen LogP contribution in [0.15, 0.2) is 29.8 Å². The number of ketones is 1. The molecule has 3 aromatic rings. The van der Waals surface area contributed by atoms with Crippen LogP contribution in [0.2, 0.25) is 0 Å². The van der Waals surface area contributed by atoms with Gasteiger partial charge in [0.25, 0.3) is 0 Å². The number of hydrogen-bond acceptors (Lipinski definition) is 7. The molecule has 0 spiro atoms. The number of rotatable bonds is 9. The van der Waals surface area contributed by atoms with Crippen molar-refractivity contribution >= 4 is 39.9 Å². The van der Waals surface area contributed by atoms with Crippen molar-refractivity contribution < 1.29 is 23.4 Å². The Kier molecular flexibility index (Phi) is 9.20. The number of nitrogens with zero attached hydrogens (tertiary/aromatic N) is 2. The number of carbonyl (C=O) groups is 1. The van der Waals surface area contributed by atoms with E-state index in [0.29, 0.717) is 29.2 Å². The van der Waals surface area contributed by atoms with Crippen molar-refractivity contribution in [3.8, 4) is 27.8 Å². The van der Waals surface area contributed by atoms with Gasteiger partial charge in [0.05, 0.1) is 38.0 Å². The molecule has 0 fully saturated rings. The van der Waals surface area contributed by atoms with E-state index in [1.165, 1.54) is 11.3 Å². The highest BCUT2D eigenvalue weighted by atomic mass is 79.9. The van der Waals surface area contributed by atoms with Crippen LogP contribution in [-0.4, -0.2) is 48.4 Å². The van der Waals surface area contributed by atoms with Gasteiger partial charge in [-0.1, -0.05) is 20.8 Å². The number of aromatic nitrogens is 1. The largest absolute Gasteiger partial charge is 0.496 e. The van der Waals surface area contributed by atoms with Crippen LogP contribution in [0, 0.1) is 11.2 Å². The Bertz CT molecular complexity index is 1340. The van der Waals surface area contributed by atoms with E-state index in [-0.39, 0.29) is 65.0 Å². The number of fused-ring (bicyclic) bond motifs is 1. The Morgan fingerprint density at radius 3 is 2.45 bits per heavy atom. The number of methoxy groups -OCH3 is 1. The first-order valence-corrected chi connectivity index (χ1v) is 13.1. The van der Waals surface area contributed by atoms with Gasteiger partial charge in [-0.15, -0.1) is 28.3 Å². The molecule has 0 saturated heterocycles. The second-order valence-corrected chi connectivity index (χ2v) is 10.6. The van der Waals surface area contributed by atoms with Crippen LogP contribution in [-0.2, 0) is 12.0 Å². The summed E-state index contributed by atoms with van der Waals surface area (Å²) in [5, 5.41) is 11.3. The molecule has 10 heteroatoms. The number of Topliss-reactive ketones (excluding diaryl/α,β-unsaturated/α-hetero) is 1. The van der Waals surface area contributed by atoms with Gasteiger partial charge in [0.1, 0.15) is 16.6 Å². The molecule has 1 aromatic heterocycles. The molecule has 204 valence electrons. The molecule has 0 aliphatic carbocycles. The van der Waals surface area contributed by atoms with Crippen LogP contribution in [0.25, 0.3) is 10.6 Å². The Morgan fingerprint density at radius 1 is 1.16 bits per heavy atom. The zero-order valence-electron chi connectivity index (χ0n) is 22.4. The highest BCUT2D eigenvalue weighted by molar-refractivity contribution is 8.93. The van der Waals surface area contributed by atoms with Gasteiger partial charge < -0.3 is 19.1 Å². The number of amidine groups is 1. The van der Waals surface area contributed by atoms with E-state index in [4.69, 9.17) is 19.6 Å². The molecule has 4 rings (SSSR count). The Labute approximate surface area is 237 Å². The molecule has 0 radical (unpaired) electrons. The van der Waals surface area contributed by atoms with E-state index in [2.05, 4.69) is 25.8 Å². The SMILES string of the molecule is Br.CCOc1cc2c(c(F)c1OCC)C(=N)N(CC(=O)c1cc(-c3nccs3)c(OC)c(C(C)(C)C)c1)C2. The third kappa shape index (κ3) is 5.56. The number of hydrogen-bond donors (Lipinski definition) is 1. The predicted octanol–water partition coefficient (Wildman–Crippen LogP) is 6.65. The van der Waals surface area contributed by atoms with Gasteiger partial charge in [0.15, 0.2) is 23.1 Å². The van der Waals surface area contributed by atoms with Gasteiger partial charge in [-0.3, -0.25) is 10.2 Å². The highest BCUT2D eigenvalue weighted by Crippen LogP contribution is 2.42. The number of benzene rings is 2. The van der Waals surface area contributed by atoms with E-state index >= 15 is 4.39 Å². The second kappa shape index (κ2) is 11.8. The second-order valence-electron chi connectivity index (χ2n) is 9.74. The van der Waals surface area contributed by atoms with Gasteiger partial charge in [-0.05, 0) is 43.0 Å².